The molecule has 16 heavy (non-hydrogen) atoms. The van der Waals surface area contributed by atoms with Gasteiger partial charge in [-0.15, -0.1) is 12.4 Å². The lowest BCUT2D eigenvalue weighted by Gasteiger charge is -2.05. The van der Waals surface area contributed by atoms with E-state index in [1.165, 1.54) is 7.11 Å². The molecule has 0 unspecified atom stereocenters. The number of esters is 1. The largest absolute Gasteiger partial charge is 0.494 e. The number of carbonyl (C=O) groups excluding carboxylic acids is 1. The van der Waals surface area contributed by atoms with Crippen LogP contribution in [0.3, 0.4) is 0 Å². The average molecular weight is 246 g/mol. The number of halogens is 1. The molecule has 1 rings (SSSR count). The van der Waals surface area contributed by atoms with E-state index in [0.29, 0.717) is 25.1 Å². The van der Waals surface area contributed by atoms with Crippen molar-refractivity contribution in [2.24, 2.45) is 0 Å². The van der Waals surface area contributed by atoms with Gasteiger partial charge in [0.15, 0.2) is 0 Å². The van der Waals surface area contributed by atoms with Crippen molar-refractivity contribution in [1.82, 2.24) is 0 Å². The summed E-state index contributed by atoms with van der Waals surface area (Å²) in [7, 11) is 1.38. The summed E-state index contributed by atoms with van der Waals surface area (Å²) in [6.45, 7) is 0.499. The highest BCUT2D eigenvalue weighted by molar-refractivity contribution is 5.85. The molecule has 0 aliphatic heterocycles. The zero-order valence-corrected chi connectivity index (χ0v) is 9.96. The van der Waals surface area contributed by atoms with Gasteiger partial charge >= 0.3 is 5.97 Å². The predicted molar refractivity (Wildman–Crippen MR) is 64.8 cm³/mol. The van der Waals surface area contributed by atoms with Crippen LogP contribution in [0.5, 0.6) is 5.75 Å². The summed E-state index contributed by atoms with van der Waals surface area (Å²) >= 11 is 0. The van der Waals surface area contributed by atoms with Gasteiger partial charge in [-0.25, -0.2) is 0 Å². The summed E-state index contributed by atoms with van der Waals surface area (Å²) < 4.78 is 9.90. The van der Waals surface area contributed by atoms with E-state index in [1.807, 2.05) is 0 Å². The molecule has 0 amide bonds. The van der Waals surface area contributed by atoms with Crippen molar-refractivity contribution < 1.29 is 14.3 Å². The van der Waals surface area contributed by atoms with Crippen LogP contribution in [0, 0.1) is 0 Å². The first-order valence-electron chi connectivity index (χ1n) is 4.77. The van der Waals surface area contributed by atoms with Gasteiger partial charge in [0.05, 0.1) is 13.7 Å². The van der Waals surface area contributed by atoms with E-state index in [9.17, 15) is 4.79 Å². The number of rotatable bonds is 5. The molecule has 0 atom stereocenters. The molecule has 0 heterocycles. The summed E-state index contributed by atoms with van der Waals surface area (Å²) in [6, 6.07) is 7.15. The van der Waals surface area contributed by atoms with Gasteiger partial charge in [-0.2, -0.15) is 0 Å². The Bertz CT molecular complexity index is 314. The van der Waals surface area contributed by atoms with Crippen molar-refractivity contribution in [2.45, 2.75) is 12.8 Å². The third-order valence-electron chi connectivity index (χ3n) is 1.90. The van der Waals surface area contributed by atoms with Crippen LogP contribution in [-0.4, -0.2) is 19.7 Å². The molecule has 0 radical (unpaired) electrons. The Labute approximate surface area is 101 Å². The molecule has 0 fully saturated rings. The first-order valence-corrected chi connectivity index (χ1v) is 4.77. The molecule has 4 nitrogen and oxygen atoms in total. The molecule has 1 aromatic carbocycles. The van der Waals surface area contributed by atoms with E-state index < -0.39 is 0 Å². The van der Waals surface area contributed by atoms with Crippen molar-refractivity contribution >= 4 is 24.1 Å². The smallest absolute Gasteiger partial charge is 0.305 e. The molecule has 0 aromatic heterocycles. The van der Waals surface area contributed by atoms with Crippen molar-refractivity contribution in [3.8, 4) is 5.75 Å². The summed E-state index contributed by atoms with van der Waals surface area (Å²) in [5.41, 5.74) is 6.23. The van der Waals surface area contributed by atoms with Gasteiger partial charge in [0.1, 0.15) is 5.75 Å². The van der Waals surface area contributed by atoms with Crippen molar-refractivity contribution in [1.29, 1.82) is 0 Å². The quantitative estimate of drug-likeness (QED) is 0.490. The van der Waals surface area contributed by atoms with E-state index in [2.05, 4.69) is 4.74 Å². The van der Waals surface area contributed by atoms with Crippen LogP contribution in [0.25, 0.3) is 0 Å². The van der Waals surface area contributed by atoms with Crippen molar-refractivity contribution in [3.63, 3.8) is 0 Å². The highest BCUT2D eigenvalue weighted by atomic mass is 35.5. The lowest BCUT2D eigenvalue weighted by atomic mass is 10.3. The summed E-state index contributed by atoms with van der Waals surface area (Å²) in [6.07, 6.45) is 1.03. The van der Waals surface area contributed by atoms with Gasteiger partial charge in [0, 0.05) is 12.1 Å². The molecule has 2 N–H and O–H groups in total. The number of anilines is 1. The zero-order valence-electron chi connectivity index (χ0n) is 9.14. The van der Waals surface area contributed by atoms with Crippen LogP contribution in [0.2, 0.25) is 0 Å². The van der Waals surface area contributed by atoms with Gasteiger partial charge in [-0.3, -0.25) is 4.79 Å². The Morgan fingerprint density at radius 1 is 1.31 bits per heavy atom. The average Bonchev–Trinajstić information content (AvgIpc) is 2.26. The number of hydrogen-bond acceptors (Lipinski definition) is 4. The number of nitrogens with two attached hydrogens (primary N) is 1. The third kappa shape index (κ3) is 5.46. The predicted octanol–water partition coefficient (Wildman–Crippen LogP) is 2.02. The summed E-state index contributed by atoms with van der Waals surface area (Å²) in [4.78, 5) is 10.8. The third-order valence-corrected chi connectivity index (χ3v) is 1.90. The van der Waals surface area contributed by atoms with E-state index in [-0.39, 0.29) is 18.4 Å². The highest BCUT2D eigenvalue weighted by Gasteiger charge is 1.99. The molecular formula is C11H16ClNO3. The number of benzene rings is 1. The first-order chi connectivity index (χ1) is 7.22. The molecule has 0 saturated carbocycles. The van der Waals surface area contributed by atoms with Gasteiger partial charge in [0.25, 0.3) is 0 Å². The maximum absolute atomic E-state index is 10.8. The second kappa shape index (κ2) is 7.82. The second-order valence-electron chi connectivity index (χ2n) is 3.10. The summed E-state index contributed by atoms with van der Waals surface area (Å²) in [5.74, 6) is 0.546. The van der Waals surface area contributed by atoms with Gasteiger partial charge in [-0.1, -0.05) is 0 Å². The minimum absolute atomic E-state index is 0. The second-order valence-corrected chi connectivity index (χ2v) is 3.10. The molecule has 0 spiro atoms. The fraction of sp³-hybridized carbons (Fsp3) is 0.364. The molecular weight excluding hydrogens is 230 g/mol. The molecule has 5 heteroatoms. The Morgan fingerprint density at radius 2 is 1.94 bits per heavy atom. The number of carbonyl (C=O) groups is 1. The maximum Gasteiger partial charge on any atom is 0.305 e. The SMILES string of the molecule is COC(=O)CCCOc1ccc(N)cc1.Cl. The molecule has 1 aromatic rings. The van der Waals surface area contributed by atoms with E-state index in [4.69, 9.17) is 10.5 Å². The lowest BCUT2D eigenvalue weighted by Crippen LogP contribution is -2.04. The molecule has 0 saturated heterocycles. The van der Waals surface area contributed by atoms with Crippen LogP contribution >= 0.6 is 12.4 Å². The van der Waals surface area contributed by atoms with Crippen LogP contribution in [-0.2, 0) is 9.53 Å². The zero-order chi connectivity index (χ0) is 11.1. The molecule has 0 aliphatic rings. The molecule has 0 bridgehead atoms. The highest BCUT2D eigenvalue weighted by Crippen LogP contribution is 2.13. The monoisotopic (exact) mass is 245 g/mol. The molecule has 90 valence electrons. The number of ether oxygens (including phenoxy) is 2. The van der Waals surface area contributed by atoms with E-state index in [1.54, 1.807) is 24.3 Å². The minimum Gasteiger partial charge on any atom is -0.494 e. The maximum atomic E-state index is 10.8. The number of nitrogen functional groups attached to an aromatic ring is 1. The van der Waals surface area contributed by atoms with Crippen LogP contribution in [0.15, 0.2) is 24.3 Å². The molecule has 0 aliphatic carbocycles. The normalized spacial score (nSPS) is 9.06. The summed E-state index contributed by atoms with van der Waals surface area (Å²) in [5, 5.41) is 0. The number of methoxy groups -OCH3 is 1. The fourth-order valence-corrected chi connectivity index (χ4v) is 1.07. The first kappa shape index (κ1) is 14.6. The Kier molecular flexibility index (Phi) is 7.12. The lowest BCUT2D eigenvalue weighted by molar-refractivity contribution is -0.140. The van der Waals surface area contributed by atoms with Gasteiger partial charge in [-0.05, 0) is 30.7 Å². The topological polar surface area (TPSA) is 61.5 Å². The van der Waals surface area contributed by atoms with Crippen LogP contribution in [0.4, 0.5) is 5.69 Å². The minimum atomic E-state index is -0.212. The van der Waals surface area contributed by atoms with Crippen LogP contribution < -0.4 is 10.5 Å². The van der Waals surface area contributed by atoms with Crippen molar-refractivity contribution in [2.75, 3.05) is 19.5 Å². The fourth-order valence-electron chi connectivity index (χ4n) is 1.07. The standard InChI is InChI=1S/C11H15NO3.ClH/c1-14-11(13)3-2-8-15-10-6-4-9(12)5-7-10;/h4-7H,2-3,8,12H2,1H3;1H. The Morgan fingerprint density at radius 3 is 2.50 bits per heavy atom. The number of hydrogen-bond donors (Lipinski definition) is 1. The van der Waals surface area contributed by atoms with Gasteiger partial charge in [0.2, 0.25) is 0 Å². The van der Waals surface area contributed by atoms with Crippen molar-refractivity contribution in [3.05, 3.63) is 24.3 Å². The van der Waals surface area contributed by atoms with E-state index >= 15 is 0 Å². The van der Waals surface area contributed by atoms with Crippen LogP contribution in [0.1, 0.15) is 12.8 Å². The van der Waals surface area contributed by atoms with Gasteiger partial charge < -0.3 is 15.2 Å². The van der Waals surface area contributed by atoms with E-state index in [0.717, 1.165) is 5.75 Å². The Balaban J connectivity index is 0.00000225. The Hall–Kier alpha value is -1.42.